The van der Waals surface area contributed by atoms with Crippen molar-refractivity contribution in [3.63, 3.8) is 0 Å². The van der Waals surface area contributed by atoms with Crippen LogP contribution in [0.2, 0.25) is 0 Å². The molecule has 0 heterocycles. The summed E-state index contributed by atoms with van der Waals surface area (Å²) >= 11 is 0. The van der Waals surface area contributed by atoms with E-state index in [4.69, 9.17) is 4.74 Å². The average molecular weight is 264 g/mol. The normalized spacial score (nSPS) is 11.0. The van der Waals surface area contributed by atoms with Crippen LogP contribution in [0.25, 0.3) is 0 Å². The number of nitrogens with zero attached hydrogens (tertiary/aromatic N) is 1. The number of methoxy groups -OCH3 is 1. The molecule has 1 rings (SSSR count). The van der Waals surface area contributed by atoms with Crippen molar-refractivity contribution in [2.75, 3.05) is 26.7 Å². The molecule has 0 bridgehead atoms. The van der Waals surface area contributed by atoms with Crippen molar-refractivity contribution in [1.82, 2.24) is 10.2 Å². The Morgan fingerprint density at radius 1 is 1.21 bits per heavy atom. The predicted molar refractivity (Wildman–Crippen MR) is 81.6 cm³/mol. The van der Waals surface area contributed by atoms with E-state index in [1.165, 1.54) is 17.5 Å². The van der Waals surface area contributed by atoms with Gasteiger partial charge >= 0.3 is 0 Å². The van der Waals surface area contributed by atoms with Gasteiger partial charge in [0.25, 0.3) is 0 Å². The first-order valence-corrected chi connectivity index (χ1v) is 7.33. The van der Waals surface area contributed by atoms with Gasteiger partial charge in [-0.15, -0.1) is 0 Å². The molecule has 0 atom stereocenters. The maximum Gasteiger partial charge on any atom is 0.123 e. The van der Waals surface area contributed by atoms with E-state index in [1.54, 1.807) is 7.11 Å². The molecule has 3 nitrogen and oxygen atoms in total. The first kappa shape index (κ1) is 16.0. The van der Waals surface area contributed by atoms with Gasteiger partial charge in [-0.2, -0.15) is 0 Å². The van der Waals surface area contributed by atoms with Crippen LogP contribution in [-0.2, 0) is 13.1 Å². The smallest absolute Gasteiger partial charge is 0.123 e. The maximum atomic E-state index is 5.48. The second-order valence-electron chi connectivity index (χ2n) is 4.80. The van der Waals surface area contributed by atoms with E-state index in [2.05, 4.69) is 49.2 Å². The number of benzene rings is 1. The van der Waals surface area contributed by atoms with Crippen molar-refractivity contribution in [2.24, 2.45) is 0 Å². The fourth-order valence-electron chi connectivity index (χ4n) is 2.24. The summed E-state index contributed by atoms with van der Waals surface area (Å²) in [6, 6.07) is 6.49. The largest absolute Gasteiger partial charge is 0.496 e. The second kappa shape index (κ2) is 8.94. The summed E-state index contributed by atoms with van der Waals surface area (Å²) in [5, 5.41) is 3.37. The van der Waals surface area contributed by atoms with Crippen molar-refractivity contribution in [2.45, 2.75) is 40.3 Å². The molecular weight excluding hydrogens is 236 g/mol. The second-order valence-corrected chi connectivity index (χ2v) is 4.80. The number of hydrogen-bond donors (Lipinski definition) is 1. The Morgan fingerprint density at radius 2 is 2.00 bits per heavy atom. The first-order valence-electron chi connectivity index (χ1n) is 7.33. The van der Waals surface area contributed by atoms with Crippen LogP contribution < -0.4 is 10.1 Å². The topological polar surface area (TPSA) is 24.5 Å². The maximum absolute atomic E-state index is 5.48. The van der Waals surface area contributed by atoms with Gasteiger partial charge in [0.1, 0.15) is 5.75 Å². The molecule has 0 saturated carbocycles. The van der Waals surface area contributed by atoms with Gasteiger partial charge in [-0.25, -0.2) is 0 Å². The van der Waals surface area contributed by atoms with Gasteiger partial charge in [0.15, 0.2) is 0 Å². The molecule has 0 aromatic heterocycles. The monoisotopic (exact) mass is 264 g/mol. The fourth-order valence-corrected chi connectivity index (χ4v) is 2.24. The molecule has 3 heteroatoms. The Morgan fingerprint density at radius 3 is 2.58 bits per heavy atom. The Kier molecular flexibility index (Phi) is 7.53. The molecule has 1 aromatic rings. The number of rotatable bonds is 9. The Labute approximate surface area is 118 Å². The lowest BCUT2D eigenvalue weighted by Crippen LogP contribution is -2.24. The zero-order valence-electron chi connectivity index (χ0n) is 12.8. The van der Waals surface area contributed by atoms with Crippen LogP contribution in [0.15, 0.2) is 18.2 Å². The molecule has 108 valence electrons. The zero-order chi connectivity index (χ0) is 14.1. The summed E-state index contributed by atoms with van der Waals surface area (Å²) in [4.78, 5) is 2.45. The fraction of sp³-hybridized carbons (Fsp3) is 0.625. The van der Waals surface area contributed by atoms with Crippen molar-refractivity contribution in [1.29, 1.82) is 0 Å². The Bertz CT molecular complexity index is 366. The van der Waals surface area contributed by atoms with Crippen LogP contribution in [0, 0.1) is 0 Å². The minimum atomic E-state index is 0.924. The molecule has 19 heavy (non-hydrogen) atoms. The van der Waals surface area contributed by atoms with Gasteiger partial charge in [-0.1, -0.05) is 26.8 Å². The van der Waals surface area contributed by atoms with E-state index in [9.17, 15) is 0 Å². The van der Waals surface area contributed by atoms with Gasteiger partial charge in [0.05, 0.1) is 7.11 Å². The third-order valence-corrected chi connectivity index (χ3v) is 3.30. The van der Waals surface area contributed by atoms with Crippen LogP contribution in [0.1, 0.15) is 38.3 Å². The van der Waals surface area contributed by atoms with E-state index >= 15 is 0 Å². The average Bonchev–Trinajstić information content (AvgIpc) is 2.44. The van der Waals surface area contributed by atoms with Crippen LogP contribution in [-0.4, -0.2) is 31.6 Å². The molecule has 0 aliphatic carbocycles. The van der Waals surface area contributed by atoms with Crippen LogP contribution >= 0.6 is 0 Å². The van der Waals surface area contributed by atoms with E-state index in [-0.39, 0.29) is 0 Å². The zero-order valence-corrected chi connectivity index (χ0v) is 12.8. The van der Waals surface area contributed by atoms with E-state index in [0.29, 0.717) is 0 Å². The molecule has 0 amide bonds. The summed E-state index contributed by atoms with van der Waals surface area (Å²) in [5.74, 6) is 0.995. The molecule has 0 aliphatic rings. The van der Waals surface area contributed by atoms with Crippen LogP contribution in [0.3, 0.4) is 0 Å². The van der Waals surface area contributed by atoms with E-state index in [1.807, 2.05) is 0 Å². The highest BCUT2D eigenvalue weighted by molar-refractivity contribution is 5.37. The number of ether oxygens (including phenoxy) is 1. The summed E-state index contributed by atoms with van der Waals surface area (Å²) < 4.78 is 5.48. The molecular formula is C16H28N2O. The summed E-state index contributed by atoms with van der Waals surface area (Å²) in [7, 11) is 1.75. The van der Waals surface area contributed by atoms with E-state index < -0.39 is 0 Å². The quantitative estimate of drug-likeness (QED) is 0.742. The summed E-state index contributed by atoms with van der Waals surface area (Å²) in [6.07, 6.45) is 1.19. The molecule has 0 spiro atoms. The van der Waals surface area contributed by atoms with Crippen molar-refractivity contribution in [3.05, 3.63) is 29.3 Å². The van der Waals surface area contributed by atoms with Gasteiger partial charge in [-0.05, 0) is 43.8 Å². The van der Waals surface area contributed by atoms with Crippen LogP contribution in [0.4, 0.5) is 0 Å². The predicted octanol–water partition coefficient (Wildman–Crippen LogP) is 3.04. The molecule has 0 fully saturated rings. The molecule has 1 aromatic carbocycles. The standard InChI is InChI=1S/C16H28N2O/c1-5-10-18(7-3)13-15-11-14(12-17-6-2)8-9-16(15)19-4/h8-9,11,17H,5-7,10,12-13H2,1-4H3. The lowest BCUT2D eigenvalue weighted by molar-refractivity contribution is 0.275. The van der Waals surface area contributed by atoms with Crippen molar-refractivity contribution in [3.8, 4) is 5.75 Å². The lowest BCUT2D eigenvalue weighted by Gasteiger charge is -2.21. The highest BCUT2D eigenvalue weighted by Gasteiger charge is 2.08. The molecule has 1 N–H and O–H groups in total. The minimum absolute atomic E-state index is 0.924. The van der Waals surface area contributed by atoms with Gasteiger partial charge in [-0.3, -0.25) is 4.90 Å². The van der Waals surface area contributed by atoms with Gasteiger partial charge < -0.3 is 10.1 Å². The lowest BCUT2D eigenvalue weighted by atomic mass is 10.1. The molecule has 0 radical (unpaired) electrons. The van der Waals surface area contributed by atoms with Gasteiger partial charge in [0.2, 0.25) is 0 Å². The van der Waals surface area contributed by atoms with Crippen molar-refractivity contribution < 1.29 is 4.74 Å². The first-order chi connectivity index (χ1) is 9.24. The highest BCUT2D eigenvalue weighted by atomic mass is 16.5. The number of nitrogens with one attached hydrogen (secondary N) is 1. The summed E-state index contributed by atoms with van der Waals surface area (Å²) in [5.41, 5.74) is 2.61. The third kappa shape index (κ3) is 5.21. The van der Waals surface area contributed by atoms with Gasteiger partial charge in [0, 0.05) is 18.7 Å². The van der Waals surface area contributed by atoms with Crippen LogP contribution in [0.5, 0.6) is 5.75 Å². The SMILES string of the molecule is CCCN(CC)Cc1cc(CNCC)ccc1OC. The number of hydrogen-bond acceptors (Lipinski definition) is 3. The van der Waals surface area contributed by atoms with Crippen molar-refractivity contribution >= 4 is 0 Å². The Balaban J connectivity index is 2.82. The molecule has 0 saturated heterocycles. The van der Waals surface area contributed by atoms with E-state index in [0.717, 1.165) is 38.5 Å². The minimum Gasteiger partial charge on any atom is -0.496 e. The highest BCUT2D eigenvalue weighted by Crippen LogP contribution is 2.21. The summed E-state index contributed by atoms with van der Waals surface area (Å²) in [6.45, 7) is 11.7. The third-order valence-electron chi connectivity index (χ3n) is 3.30. The molecule has 0 aliphatic heterocycles. The molecule has 0 unspecified atom stereocenters. The Hall–Kier alpha value is -1.06.